The van der Waals surface area contributed by atoms with Gasteiger partial charge in [0.05, 0.1) is 5.56 Å². The van der Waals surface area contributed by atoms with Gasteiger partial charge >= 0.3 is 6.18 Å². The zero-order valence-corrected chi connectivity index (χ0v) is 10.7. The minimum absolute atomic E-state index is 0.0793. The zero-order valence-electron chi connectivity index (χ0n) is 10.7. The number of carbonyl (C=O) groups is 1. The summed E-state index contributed by atoms with van der Waals surface area (Å²) in [6, 6.07) is 0.830. The minimum Gasteiger partial charge on any atom is -0.330 e. The van der Waals surface area contributed by atoms with Crippen LogP contribution in [-0.4, -0.2) is 17.3 Å². The van der Waals surface area contributed by atoms with Gasteiger partial charge in [-0.05, 0) is 31.4 Å². The summed E-state index contributed by atoms with van der Waals surface area (Å²) in [5.74, 6) is -0.302. The molecule has 1 atom stereocenters. The summed E-state index contributed by atoms with van der Waals surface area (Å²) in [7, 11) is 0. The van der Waals surface area contributed by atoms with Gasteiger partial charge in [-0.25, -0.2) is 0 Å². The van der Waals surface area contributed by atoms with Crippen molar-refractivity contribution < 1.29 is 18.0 Å². The van der Waals surface area contributed by atoms with Crippen molar-refractivity contribution in [1.82, 2.24) is 4.98 Å². The number of halogens is 3. The lowest BCUT2D eigenvalue weighted by Crippen LogP contribution is -2.14. The van der Waals surface area contributed by atoms with E-state index in [9.17, 15) is 18.0 Å². The quantitative estimate of drug-likeness (QED) is 0.811. The van der Waals surface area contributed by atoms with Crippen LogP contribution in [0.1, 0.15) is 42.1 Å². The second-order valence-corrected chi connectivity index (χ2v) is 4.56. The first-order valence-electron chi connectivity index (χ1n) is 6.10. The van der Waals surface area contributed by atoms with E-state index in [1.807, 2.05) is 6.92 Å². The van der Waals surface area contributed by atoms with Crippen molar-refractivity contribution in [3.63, 3.8) is 0 Å². The van der Waals surface area contributed by atoms with Crippen LogP contribution in [0.25, 0.3) is 0 Å². The van der Waals surface area contributed by atoms with E-state index < -0.39 is 17.5 Å². The Kier molecular flexibility index (Phi) is 5.47. The number of nitrogens with two attached hydrogens (primary N) is 1. The maximum absolute atomic E-state index is 12.7. The molecule has 0 aliphatic heterocycles. The Labute approximate surface area is 110 Å². The zero-order chi connectivity index (χ0) is 14.5. The molecular weight excluding hydrogens is 257 g/mol. The first-order valence-corrected chi connectivity index (χ1v) is 6.10. The van der Waals surface area contributed by atoms with Crippen LogP contribution in [0, 0.1) is 5.92 Å². The van der Waals surface area contributed by atoms with Crippen LogP contribution in [0.3, 0.4) is 0 Å². The van der Waals surface area contributed by atoms with Crippen molar-refractivity contribution in [2.24, 2.45) is 11.7 Å². The highest BCUT2D eigenvalue weighted by Crippen LogP contribution is 2.32. The fourth-order valence-electron chi connectivity index (χ4n) is 1.80. The molecule has 0 fully saturated rings. The second-order valence-electron chi connectivity index (χ2n) is 4.56. The molecule has 0 saturated heterocycles. The summed E-state index contributed by atoms with van der Waals surface area (Å²) in [6.45, 7) is 2.43. The van der Waals surface area contributed by atoms with E-state index in [0.717, 1.165) is 24.9 Å². The van der Waals surface area contributed by atoms with Gasteiger partial charge in [0.25, 0.3) is 0 Å². The number of pyridine rings is 1. The van der Waals surface area contributed by atoms with E-state index in [-0.39, 0.29) is 17.9 Å². The van der Waals surface area contributed by atoms with Crippen molar-refractivity contribution in [2.75, 3.05) is 6.54 Å². The Balaban J connectivity index is 2.78. The molecule has 0 aliphatic rings. The topological polar surface area (TPSA) is 56.0 Å². The largest absolute Gasteiger partial charge is 0.417 e. The molecule has 1 heterocycles. The van der Waals surface area contributed by atoms with Crippen LogP contribution in [0.5, 0.6) is 0 Å². The molecule has 2 N–H and O–H groups in total. The number of hydrogen-bond donors (Lipinski definition) is 1. The highest BCUT2D eigenvalue weighted by molar-refractivity contribution is 5.97. The van der Waals surface area contributed by atoms with Gasteiger partial charge in [0.15, 0.2) is 5.78 Å². The average Bonchev–Trinajstić information content (AvgIpc) is 2.35. The molecule has 0 aromatic carbocycles. The summed E-state index contributed by atoms with van der Waals surface area (Å²) < 4.78 is 38.2. The Morgan fingerprint density at radius 2 is 2.11 bits per heavy atom. The lowest BCUT2D eigenvalue weighted by atomic mass is 9.96. The summed E-state index contributed by atoms with van der Waals surface area (Å²) >= 11 is 0. The van der Waals surface area contributed by atoms with Crippen LogP contribution in [0.4, 0.5) is 13.2 Å². The van der Waals surface area contributed by atoms with E-state index in [0.29, 0.717) is 13.0 Å². The number of alkyl halides is 3. The first kappa shape index (κ1) is 15.6. The fourth-order valence-corrected chi connectivity index (χ4v) is 1.80. The van der Waals surface area contributed by atoms with E-state index >= 15 is 0 Å². The monoisotopic (exact) mass is 274 g/mol. The number of carbonyl (C=O) groups excluding carboxylic acids is 1. The predicted octanol–water partition coefficient (Wildman–Crippen LogP) is 3.05. The molecule has 6 heteroatoms. The predicted molar refractivity (Wildman–Crippen MR) is 65.6 cm³/mol. The summed E-state index contributed by atoms with van der Waals surface area (Å²) in [5.41, 5.74) is 4.11. The van der Waals surface area contributed by atoms with Gasteiger partial charge in [0, 0.05) is 24.4 Å². The van der Waals surface area contributed by atoms with Gasteiger partial charge in [-0.2, -0.15) is 13.2 Å². The smallest absolute Gasteiger partial charge is 0.330 e. The Bertz CT molecular complexity index is 432. The Morgan fingerprint density at radius 3 is 2.68 bits per heavy atom. The molecule has 0 radical (unpaired) electrons. The van der Waals surface area contributed by atoms with Crippen LogP contribution >= 0.6 is 0 Å². The fraction of sp³-hybridized carbons (Fsp3) is 0.538. The average molecular weight is 274 g/mol. The van der Waals surface area contributed by atoms with Gasteiger partial charge in [-0.1, -0.05) is 6.92 Å². The number of aromatic nitrogens is 1. The number of rotatable bonds is 6. The SMILES string of the molecule is CC(CCN)CCC(=O)c1cnccc1C(F)(F)F. The van der Waals surface area contributed by atoms with Gasteiger partial charge < -0.3 is 5.73 Å². The molecule has 1 rings (SSSR count). The van der Waals surface area contributed by atoms with E-state index in [1.54, 1.807) is 0 Å². The van der Waals surface area contributed by atoms with E-state index in [2.05, 4.69) is 4.98 Å². The number of hydrogen-bond acceptors (Lipinski definition) is 3. The maximum atomic E-state index is 12.7. The first-order chi connectivity index (χ1) is 8.86. The number of Topliss-reactive ketones (excluding diaryl/α,β-unsaturated/α-hetero) is 1. The Hall–Kier alpha value is -1.43. The molecule has 19 heavy (non-hydrogen) atoms. The maximum Gasteiger partial charge on any atom is 0.417 e. The summed E-state index contributed by atoms with van der Waals surface area (Å²) in [6.07, 6.45) is -1.14. The van der Waals surface area contributed by atoms with Crippen LogP contribution < -0.4 is 5.73 Å². The molecule has 0 saturated carbocycles. The normalized spacial score (nSPS) is 13.3. The third-order valence-electron chi connectivity index (χ3n) is 2.95. The lowest BCUT2D eigenvalue weighted by molar-refractivity contribution is -0.138. The number of nitrogens with zero attached hydrogens (tertiary/aromatic N) is 1. The molecule has 0 bridgehead atoms. The number of ketones is 1. The molecular formula is C13H17F3N2O. The van der Waals surface area contributed by atoms with Crippen molar-refractivity contribution in [1.29, 1.82) is 0 Å². The molecule has 1 aromatic heterocycles. The van der Waals surface area contributed by atoms with Gasteiger partial charge in [-0.15, -0.1) is 0 Å². The molecule has 0 aliphatic carbocycles. The van der Waals surface area contributed by atoms with Gasteiger partial charge in [0.2, 0.25) is 0 Å². The third kappa shape index (κ3) is 4.63. The van der Waals surface area contributed by atoms with E-state index in [4.69, 9.17) is 5.73 Å². The molecule has 106 valence electrons. The van der Waals surface area contributed by atoms with Crippen molar-refractivity contribution in [2.45, 2.75) is 32.4 Å². The summed E-state index contributed by atoms with van der Waals surface area (Å²) in [4.78, 5) is 15.5. The molecule has 1 aromatic rings. The second kappa shape index (κ2) is 6.65. The highest BCUT2D eigenvalue weighted by atomic mass is 19.4. The molecule has 1 unspecified atom stereocenters. The van der Waals surface area contributed by atoms with Crippen molar-refractivity contribution >= 4 is 5.78 Å². The third-order valence-corrected chi connectivity index (χ3v) is 2.95. The van der Waals surface area contributed by atoms with Gasteiger partial charge in [-0.3, -0.25) is 9.78 Å². The van der Waals surface area contributed by atoms with E-state index in [1.165, 1.54) is 0 Å². The molecule has 0 amide bonds. The van der Waals surface area contributed by atoms with Crippen LogP contribution in [0.2, 0.25) is 0 Å². The summed E-state index contributed by atoms with van der Waals surface area (Å²) in [5, 5.41) is 0. The minimum atomic E-state index is -4.53. The standard InChI is InChI=1S/C13H17F3N2O/c1-9(4-6-17)2-3-12(19)10-8-18-7-5-11(10)13(14,15)16/h5,7-9H,2-4,6,17H2,1H3. The van der Waals surface area contributed by atoms with Crippen molar-refractivity contribution in [3.8, 4) is 0 Å². The molecule has 0 spiro atoms. The lowest BCUT2D eigenvalue weighted by Gasteiger charge is -2.12. The van der Waals surface area contributed by atoms with Crippen LogP contribution in [0.15, 0.2) is 18.5 Å². The van der Waals surface area contributed by atoms with Crippen molar-refractivity contribution in [3.05, 3.63) is 29.6 Å². The molecule has 3 nitrogen and oxygen atoms in total. The van der Waals surface area contributed by atoms with Gasteiger partial charge in [0.1, 0.15) is 0 Å². The Morgan fingerprint density at radius 1 is 1.42 bits per heavy atom. The van der Waals surface area contributed by atoms with Crippen LogP contribution in [-0.2, 0) is 6.18 Å². The highest BCUT2D eigenvalue weighted by Gasteiger charge is 2.34.